The zero-order valence-electron chi connectivity index (χ0n) is 19.4. The Morgan fingerprint density at radius 2 is 1.71 bits per heavy atom. The molecule has 2 aliphatic rings. The van der Waals surface area contributed by atoms with Gasteiger partial charge in [-0.1, -0.05) is 24.3 Å². The van der Waals surface area contributed by atoms with Crippen molar-refractivity contribution in [3.8, 4) is 5.75 Å². The van der Waals surface area contributed by atoms with Crippen LogP contribution in [0.5, 0.6) is 5.75 Å². The smallest absolute Gasteiger partial charge is 0.251 e. The van der Waals surface area contributed by atoms with Crippen LogP contribution in [0.4, 0.5) is 0 Å². The van der Waals surface area contributed by atoms with Gasteiger partial charge in [-0.3, -0.25) is 9.59 Å². The summed E-state index contributed by atoms with van der Waals surface area (Å²) in [5.74, 6) is 0.443. The number of ether oxygens (including phenoxy) is 1. The first-order valence-electron chi connectivity index (χ1n) is 11.7. The Labute approximate surface area is 200 Å². The lowest BCUT2D eigenvalue weighted by Gasteiger charge is -2.32. The fraction of sp³-hybridized carbons (Fsp3) is 0.440. The predicted octanol–water partition coefficient (Wildman–Crippen LogP) is 2.44. The average molecular weight is 486 g/mol. The Kier molecular flexibility index (Phi) is 7.53. The summed E-state index contributed by atoms with van der Waals surface area (Å²) in [6, 6.07) is 13.7. The van der Waals surface area contributed by atoms with Gasteiger partial charge in [0.25, 0.3) is 5.91 Å². The van der Waals surface area contributed by atoms with E-state index in [-0.39, 0.29) is 29.2 Å². The van der Waals surface area contributed by atoms with Gasteiger partial charge in [-0.25, -0.2) is 8.42 Å². The van der Waals surface area contributed by atoms with E-state index in [1.807, 2.05) is 29.2 Å². The SMILES string of the molecule is COc1ccccc1CC(=O)N1CCC(NC(=O)c2cccc(S(=O)(=O)N3CCCC3)c2)CC1. The van der Waals surface area contributed by atoms with Gasteiger partial charge in [-0.2, -0.15) is 4.31 Å². The Hall–Kier alpha value is -2.91. The van der Waals surface area contributed by atoms with Crippen molar-refractivity contribution in [2.45, 2.75) is 43.0 Å². The normalized spacial score (nSPS) is 17.5. The molecule has 0 spiro atoms. The van der Waals surface area contributed by atoms with E-state index in [1.54, 1.807) is 19.2 Å². The molecule has 0 aliphatic carbocycles. The van der Waals surface area contributed by atoms with Crippen LogP contribution in [0, 0.1) is 0 Å². The highest BCUT2D eigenvalue weighted by Gasteiger charge is 2.28. The van der Waals surface area contributed by atoms with Crippen molar-refractivity contribution in [1.29, 1.82) is 0 Å². The van der Waals surface area contributed by atoms with Gasteiger partial charge < -0.3 is 15.0 Å². The molecule has 8 nitrogen and oxygen atoms in total. The fourth-order valence-electron chi connectivity index (χ4n) is 4.54. The molecule has 0 unspecified atom stereocenters. The third kappa shape index (κ3) is 5.42. The van der Waals surface area contributed by atoms with Crippen LogP contribution in [-0.4, -0.2) is 68.8 Å². The molecular formula is C25H31N3O5S. The minimum atomic E-state index is -3.58. The molecule has 0 bridgehead atoms. The van der Waals surface area contributed by atoms with Gasteiger partial charge in [0.2, 0.25) is 15.9 Å². The number of para-hydroxylation sites is 1. The fourth-order valence-corrected chi connectivity index (χ4v) is 6.10. The molecule has 4 rings (SSSR count). The number of carbonyl (C=O) groups excluding carboxylic acids is 2. The molecule has 0 atom stereocenters. The number of amides is 2. The summed E-state index contributed by atoms with van der Waals surface area (Å²) in [5, 5.41) is 3.01. The highest BCUT2D eigenvalue weighted by Crippen LogP contribution is 2.22. The first-order valence-corrected chi connectivity index (χ1v) is 13.1. The molecule has 0 saturated carbocycles. The molecule has 2 aliphatic heterocycles. The van der Waals surface area contributed by atoms with Gasteiger partial charge in [0.15, 0.2) is 0 Å². The van der Waals surface area contributed by atoms with E-state index in [9.17, 15) is 18.0 Å². The van der Waals surface area contributed by atoms with E-state index >= 15 is 0 Å². The Balaban J connectivity index is 1.32. The average Bonchev–Trinajstić information content (AvgIpc) is 3.41. The Morgan fingerprint density at radius 3 is 2.41 bits per heavy atom. The zero-order valence-corrected chi connectivity index (χ0v) is 20.2. The molecular weight excluding hydrogens is 454 g/mol. The second-order valence-electron chi connectivity index (χ2n) is 8.76. The molecule has 0 radical (unpaired) electrons. The number of carbonyl (C=O) groups is 2. The van der Waals surface area contributed by atoms with Crippen molar-refractivity contribution < 1.29 is 22.7 Å². The topological polar surface area (TPSA) is 96.0 Å². The summed E-state index contributed by atoms with van der Waals surface area (Å²) in [4.78, 5) is 27.5. The van der Waals surface area contributed by atoms with Crippen LogP contribution >= 0.6 is 0 Å². The second-order valence-corrected chi connectivity index (χ2v) is 10.7. The van der Waals surface area contributed by atoms with E-state index in [0.717, 1.165) is 18.4 Å². The van der Waals surface area contributed by atoms with Gasteiger partial charge in [0.05, 0.1) is 18.4 Å². The lowest BCUT2D eigenvalue weighted by atomic mass is 10.0. The van der Waals surface area contributed by atoms with Gasteiger partial charge in [-0.15, -0.1) is 0 Å². The lowest BCUT2D eigenvalue weighted by Crippen LogP contribution is -2.47. The number of likely N-dealkylation sites (tertiary alicyclic amines) is 1. The van der Waals surface area contributed by atoms with Crippen LogP contribution in [0.1, 0.15) is 41.6 Å². The molecule has 2 aromatic carbocycles. The third-order valence-electron chi connectivity index (χ3n) is 6.52. The van der Waals surface area contributed by atoms with E-state index in [2.05, 4.69) is 5.32 Å². The van der Waals surface area contributed by atoms with Crippen LogP contribution in [0.3, 0.4) is 0 Å². The maximum Gasteiger partial charge on any atom is 0.251 e. The first-order chi connectivity index (χ1) is 16.4. The van der Waals surface area contributed by atoms with Crippen LogP contribution < -0.4 is 10.1 Å². The monoisotopic (exact) mass is 485 g/mol. The van der Waals surface area contributed by atoms with Crippen molar-refractivity contribution in [3.63, 3.8) is 0 Å². The summed E-state index contributed by atoms with van der Waals surface area (Å²) < 4.78 is 32.4. The largest absolute Gasteiger partial charge is 0.496 e. The van der Waals surface area contributed by atoms with Crippen LogP contribution in [0.15, 0.2) is 53.4 Å². The highest BCUT2D eigenvalue weighted by atomic mass is 32.2. The molecule has 34 heavy (non-hydrogen) atoms. The summed E-state index contributed by atoms with van der Waals surface area (Å²) in [6.45, 7) is 2.16. The summed E-state index contributed by atoms with van der Waals surface area (Å²) in [5.41, 5.74) is 1.18. The number of benzene rings is 2. The maximum atomic E-state index is 12.8. The quantitative estimate of drug-likeness (QED) is 0.650. The first kappa shape index (κ1) is 24.2. The molecule has 2 fully saturated rings. The number of rotatable bonds is 7. The number of hydrogen-bond donors (Lipinski definition) is 1. The molecule has 1 N–H and O–H groups in total. The Bertz CT molecular complexity index is 1140. The van der Waals surface area contributed by atoms with E-state index in [4.69, 9.17) is 4.74 Å². The predicted molar refractivity (Wildman–Crippen MR) is 128 cm³/mol. The number of nitrogens with one attached hydrogen (secondary N) is 1. The minimum Gasteiger partial charge on any atom is -0.496 e. The zero-order chi connectivity index (χ0) is 24.1. The van der Waals surface area contributed by atoms with Crippen LogP contribution in [-0.2, 0) is 21.2 Å². The molecule has 2 heterocycles. The summed E-state index contributed by atoms with van der Waals surface area (Å²) in [7, 11) is -1.98. The molecule has 2 amide bonds. The molecule has 0 aromatic heterocycles. The van der Waals surface area contributed by atoms with Gasteiger partial charge >= 0.3 is 0 Å². The number of methoxy groups -OCH3 is 1. The number of piperidine rings is 1. The van der Waals surface area contributed by atoms with Crippen LogP contribution in [0.2, 0.25) is 0 Å². The highest BCUT2D eigenvalue weighted by molar-refractivity contribution is 7.89. The minimum absolute atomic E-state index is 0.0362. The second kappa shape index (κ2) is 10.6. The van der Waals surface area contributed by atoms with Crippen LogP contribution in [0.25, 0.3) is 0 Å². The third-order valence-corrected chi connectivity index (χ3v) is 8.41. The van der Waals surface area contributed by atoms with E-state index < -0.39 is 10.0 Å². The summed E-state index contributed by atoms with van der Waals surface area (Å²) in [6.07, 6.45) is 3.29. The van der Waals surface area contributed by atoms with E-state index in [0.29, 0.717) is 50.3 Å². The van der Waals surface area contributed by atoms with Crippen molar-refractivity contribution >= 4 is 21.8 Å². The van der Waals surface area contributed by atoms with Crippen molar-refractivity contribution in [1.82, 2.24) is 14.5 Å². The standard InChI is InChI=1S/C25H31N3O5S/c1-33-23-10-3-2-7-19(23)18-24(29)27-15-11-21(12-16-27)26-25(30)20-8-6-9-22(17-20)34(31,32)28-13-4-5-14-28/h2-3,6-10,17,21H,4-5,11-16,18H2,1H3,(H,26,30). The molecule has 2 saturated heterocycles. The lowest BCUT2D eigenvalue weighted by molar-refractivity contribution is -0.131. The van der Waals surface area contributed by atoms with Gasteiger partial charge in [0.1, 0.15) is 5.75 Å². The number of nitrogens with zero attached hydrogens (tertiary/aromatic N) is 2. The molecule has 182 valence electrons. The Morgan fingerprint density at radius 1 is 1.00 bits per heavy atom. The summed E-state index contributed by atoms with van der Waals surface area (Å²) >= 11 is 0. The number of hydrogen-bond acceptors (Lipinski definition) is 5. The maximum absolute atomic E-state index is 12.8. The van der Waals surface area contributed by atoms with Gasteiger partial charge in [0, 0.05) is 43.3 Å². The van der Waals surface area contributed by atoms with E-state index in [1.165, 1.54) is 16.4 Å². The van der Waals surface area contributed by atoms with Crippen molar-refractivity contribution in [2.75, 3.05) is 33.3 Å². The molecule has 9 heteroatoms. The van der Waals surface area contributed by atoms with Gasteiger partial charge in [-0.05, 0) is 49.9 Å². The van der Waals surface area contributed by atoms with Crippen molar-refractivity contribution in [2.24, 2.45) is 0 Å². The number of sulfonamides is 1. The van der Waals surface area contributed by atoms with Crippen molar-refractivity contribution in [3.05, 3.63) is 59.7 Å². The molecule has 2 aromatic rings.